The molecule has 0 aromatic heterocycles. The van der Waals surface area contributed by atoms with Gasteiger partial charge in [0.2, 0.25) is 0 Å². The molecule has 0 bridgehead atoms. The number of fused-ring (bicyclic) bond motifs is 3. The molecule has 0 saturated heterocycles. The molecule has 22 heavy (non-hydrogen) atoms. The molecule has 0 amide bonds. The Hall–Kier alpha value is -1.33. The fraction of sp³-hybridized carbons (Fsp3) is 0.190. The van der Waals surface area contributed by atoms with E-state index < -0.39 is 0 Å². The topological polar surface area (TPSA) is 0 Å². The van der Waals surface area contributed by atoms with Gasteiger partial charge in [0, 0.05) is 0 Å². The Morgan fingerprint density at radius 2 is 1.45 bits per heavy atom. The maximum Gasteiger partial charge on any atom is 2.00 e. The SMILES string of the molecule is CC(C)C1=CC[C-]=C1.[Zr+2].c1ccc2c(c1)[cH-]c1ccccc12. The summed E-state index contributed by atoms with van der Waals surface area (Å²) in [6.45, 7) is 4.41. The zero-order valence-electron chi connectivity index (χ0n) is 13.1. The van der Waals surface area contributed by atoms with Gasteiger partial charge >= 0.3 is 26.2 Å². The third kappa shape index (κ3) is 3.71. The molecule has 0 saturated carbocycles. The smallest absolute Gasteiger partial charge is 0.273 e. The van der Waals surface area contributed by atoms with Crippen LogP contribution in [-0.2, 0) is 26.2 Å². The maximum atomic E-state index is 3.14. The van der Waals surface area contributed by atoms with Gasteiger partial charge in [0.25, 0.3) is 0 Å². The van der Waals surface area contributed by atoms with Crippen LogP contribution in [0.1, 0.15) is 20.3 Å². The van der Waals surface area contributed by atoms with Gasteiger partial charge in [-0.25, -0.2) is 6.08 Å². The van der Waals surface area contributed by atoms with Crippen molar-refractivity contribution >= 4 is 21.5 Å². The van der Waals surface area contributed by atoms with Gasteiger partial charge in [0.1, 0.15) is 0 Å². The minimum atomic E-state index is 0. The monoisotopic (exact) mass is 362 g/mol. The first-order valence-corrected chi connectivity index (χ1v) is 7.55. The Balaban J connectivity index is 0.000000172. The molecule has 0 aliphatic heterocycles. The van der Waals surface area contributed by atoms with Gasteiger partial charge in [-0.15, -0.1) is 46.2 Å². The van der Waals surface area contributed by atoms with Gasteiger partial charge in [0.15, 0.2) is 0 Å². The van der Waals surface area contributed by atoms with Crippen LogP contribution in [0.3, 0.4) is 0 Å². The minimum Gasteiger partial charge on any atom is -0.273 e. The maximum absolute atomic E-state index is 3.14. The largest absolute Gasteiger partial charge is 2.00 e. The molecule has 1 heteroatoms. The quantitative estimate of drug-likeness (QED) is 0.462. The molecule has 4 rings (SSSR count). The molecule has 0 N–H and O–H groups in total. The average Bonchev–Trinajstić information content (AvgIpc) is 3.15. The first-order chi connectivity index (χ1) is 10.3. The van der Waals surface area contributed by atoms with Crippen molar-refractivity contribution < 1.29 is 26.2 Å². The van der Waals surface area contributed by atoms with Crippen molar-refractivity contribution in [3.8, 4) is 0 Å². The number of allylic oxidation sites excluding steroid dienone is 4. The van der Waals surface area contributed by atoms with Crippen molar-refractivity contribution in [3.05, 3.63) is 78.4 Å². The zero-order valence-corrected chi connectivity index (χ0v) is 15.6. The Morgan fingerprint density at radius 3 is 1.86 bits per heavy atom. The van der Waals surface area contributed by atoms with E-state index in [4.69, 9.17) is 0 Å². The summed E-state index contributed by atoms with van der Waals surface area (Å²) >= 11 is 0. The molecule has 3 aromatic carbocycles. The molecule has 0 fully saturated rings. The summed E-state index contributed by atoms with van der Waals surface area (Å²) in [5.41, 5.74) is 1.44. The van der Waals surface area contributed by atoms with Crippen LogP contribution in [0.25, 0.3) is 21.5 Å². The number of rotatable bonds is 1. The summed E-state index contributed by atoms with van der Waals surface area (Å²) in [5.74, 6) is 0.685. The Kier molecular flexibility index (Phi) is 6.03. The third-order valence-electron chi connectivity index (χ3n) is 3.91. The van der Waals surface area contributed by atoms with Gasteiger partial charge in [-0.05, 0) is 0 Å². The molecule has 108 valence electrons. The summed E-state index contributed by atoms with van der Waals surface area (Å²) in [7, 11) is 0. The van der Waals surface area contributed by atoms with E-state index in [0.29, 0.717) is 5.92 Å². The average molecular weight is 364 g/mol. The number of hydrogen-bond donors (Lipinski definition) is 0. The van der Waals surface area contributed by atoms with Crippen molar-refractivity contribution in [1.82, 2.24) is 0 Å². The van der Waals surface area contributed by atoms with E-state index >= 15 is 0 Å². The standard InChI is InChI=1S/C13H9.C8H11.Zr/c1-3-7-12-10(5-1)9-11-6-2-4-8-13(11)12;1-7(2)8-5-3-4-6-8;/h1-9H;5-7H,3H2,1-2H3;/q2*-1;+2. The van der Waals surface area contributed by atoms with Crippen LogP contribution in [0, 0.1) is 12.0 Å². The number of hydrogen-bond acceptors (Lipinski definition) is 0. The summed E-state index contributed by atoms with van der Waals surface area (Å²) in [4.78, 5) is 0. The van der Waals surface area contributed by atoms with E-state index in [0.717, 1.165) is 6.42 Å². The van der Waals surface area contributed by atoms with Crippen LogP contribution in [0.2, 0.25) is 0 Å². The molecular weight excluding hydrogens is 343 g/mol. The van der Waals surface area contributed by atoms with Crippen LogP contribution in [0.15, 0.2) is 72.3 Å². The Morgan fingerprint density at radius 1 is 0.909 bits per heavy atom. The second kappa shape index (κ2) is 7.79. The normalized spacial score (nSPS) is 13.0. The van der Waals surface area contributed by atoms with Gasteiger partial charge in [-0.1, -0.05) is 56.2 Å². The fourth-order valence-electron chi connectivity index (χ4n) is 2.72. The van der Waals surface area contributed by atoms with Gasteiger partial charge < -0.3 is 0 Å². The van der Waals surface area contributed by atoms with Crippen LogP contribution in [0.5, 0.6) is 0 Å². The second-order valence-electron chi connectivity index (χ2n) is 5.73. The predicted molar refractivity (Wildman–Crippen MR) is 92.4 cm³/mol. The van der Waals surface area contributed by atoms with Crippen molar-refractivity contribution in [2.24, 2.45) is 5.92 Å². The van der Waals surface area contributed by atoms with E-state index in [2.05, 4.69) is 86.7 Å². The van der Waals surface area contributed by atoms with Crippen LogP contribution in [0.4, 0.5) is 0 Å². The summed E-state index contributed by atoms with van der Waals surface area (Å²) in [6, 6.07) is 19.3. The summed E-state index contributed by atoms with van der Waals surface area (Å²) < 4.78 is 0. The van der Waals surface area contributed by atoms with Crippen molar-refractivity contribution in [1.29, 1.82) is 0 Å². The second-order valence-corrected chi connectivity index (χ2v) is 5.73. The first kappa shape index (κ1) is 17.0. The molecule has 1 aliphatic carbocycles. The van der Waals surface area contributed by atoms with E-state index in [1.165, 1.54) is 27.1 Å². The Labute approximate surface area is 152 Å². The summed E-state index contributed by atoms with van der Waals surface area (Å²) in [5, 5.41) is 5.39. The molecule has 3 aromatic rings. The van der Waals surface area contributed by atoms with E-state index in [9.17, 15) is 0 Å². The summed E-state index contributed by atoms with van der Waals surface area (Å²) in [6.07, 6.45) is 8.47. The predicted octanol–water partition coefficient (Wildman–Crippen LogP) is 6.04. The third-order valence-corrected chi connectivity index (χ3v) is 3.91. The van der Waals surface area contributed by atoms with Crippen LogP contribution < -0.4 is 0 Å². The minimum absolute atomic E-state index is 0. The van der Waals surface area contributed by atoms with E-state index in [1.807, 2.05) is 0 Å². The molecule has 0 unspecified atom stereocenters. The van der Waals surface area contributed by atoms with Crippen LogP contribution in [-0.4, -0.2) is 0 Å². The van der Waals surface area contributed by atoms with Gasteiger partial charge in [-0.3, -0.25) is 6.08 Å². The van der Waals surface area contributed by atoms with Gasteiger partial charge in [-0.2, -0.15) is 11.6 Å². The van der Waals surface area contributed by atoms with Crippen LogP contribution >= 0.6 is 0 Å². The molecular formula is C21H20Zr. The Bertz CT molecular complexity index is 753. The molecule has 0 radical (unpaired) electrons. The molecule has 1 aliphatic rings. The zero-order chi connectivity index (χ0) is 14.7. The first-order valence-electron chi connectivity index (χ1n) is 7.55. The fourth-order valence-corrected chi connectivity index (χ4v) is 2.72. The molecule has 0 heterocycles. The van der Waals surface area contributed by atoms with Crippen molar-refractivity contribution in [2.75, 3.05) is 0 Å². The van der Waals surface area contributed by atoms with Crippen molar-refractivity contribution in [3.63, 3.8) is 0 Å². The van der Waals surface area contributed by atoms with E-state index in [1.54, 1.807) is 0 Å². The number of benzene rings is 2. The molecule has 0 nitrogen and oxygen atoms in total. The molecule has 0 atom stereocenters. The van der Waals surface area contributed by atoms with Gasteiger partial charge in [0.05, 0.1) is 0 Å². The van der Waals surface area contributed by atoms with Crippen molar-refractivity contribution in [2.45, 2.75) is 20.3 Å². The molecule has 0 spiro atoms. The van der Waals surface area contributed by atoms with E-state index in [-0.39, 0.29) is 26.2 Å².